The summed E-state index contributed by atoms with van der Waals surface area (Å²) in [6, 6.07) is 0. The van der Waals surface area contributed by atoms with Gasteiger partial charge in [0, 0.05) is 24.7 Å². The molecule has 1 N–H and O–H groups in total. The van der Waals surface area contributed by atoms with Gasteiger partial charge in [-0.15, -0.1) is 0 Å². The van der Waals surface area contributed by atoms with Gasteiger partial charge in [0.15, 0.2) is 0 Å². The van der Waals surface area contributed by atoms with E-state index in [-0.39, 0.29) is 23.0 Å². The standard InChI is InChI=1S/C13H20O3/c1-9(5-6-11(15)16)13(4)8-10(14)7-12(13,2)3/h1,5-8H2,2-4H3,(H,15,16). The van der Waals surface area contributed by atoms with Crippen molar-refractivity contribution in [3.8, 4) is 0 Å². The van der Waals surface area contributed by atoms with E-state index in [9.17, 15) is 9.59 Å². The maximum Gasteiger partial charge on any atom is 0.303 e. The van der Waals surface area contributed by atoms with E-state index in [1.165, 1.54) is 0 Å². The largest absolute Gasteiger partial charge is 0.481 e. The van der Waals surface area contributed by atoms with Gasteiger partial charge in [-0.3, -0.25) is 9.59 Å². The van der Waals surface area contributed by atoms with E-state index < -0.39 is 5.97 Å². The molecule has 90 valence electrons. The molecule has 0 bridgehead atoms. The van der Waals surface area contributed by atoms with E-state index in [0.29, 0.717) is 19.3 Å². The first-order valence-electron chi connectivity index (χ1n) is 5.61. The van der Waals surface area contributed by atoms with Crippen LogP contribution < -0.4 is 0 Å². The quantitative estimate of drug-likeness (QED) is 0.747. The van der Waals surface area contributed by atoms with Crippen LogP contribution in [0.1, 0.15) is 46.5 Å². The molecule has 0 heterocycles. The molecule has 0 aromatic rings. The predicted molar refractivity (Wildman–Crippen MR) is 62.1 cm³/mol. The lowest BCUT2D eigenvalue weighted by atomic mass is 9.64. The van der Waals surface area contributed by atoms with E-state index in [1.54, 1.807) is 0 Å². The zero-order valence-electron chi connectivity index (χ0n) is 10.3. The van der Waals surface area contributed by atoms with Crippen LogP contribution in [0.3, 0.4) is 0 Å². The summed E-state index contributed by atoms with van der Waals surface area (Å²) in [4.78, 5) is 22.1. The normalized spacial score (nSPS) is 28.1. The van der Waals surface area contributed by atoms with Gasteiger partial charge in [-0.1, -0.05) is 32.9 Å². The Kier molecular flexibility index (Phi) is 3.27. The summed E-state index contributed by atoms with van der Waals surface area (Å²) < 4.78 is 0. The molecule has 0 aliphatic heterocycles. The average Bonchev–Trinajstić information content (AvgIpc) is 2.32. The van der Waals surface area contributed by atoms with Crippen molar-refractivity contribution in [3.63, 3.8) is 0 Å². The highest BCUT2D eigenvalue weighted by Crippen LogP contribution is 2.55. The summed E-state index contributed by atoms with van der Waals surface area (Å²) >= 11 is 0. The van der Waals surface area contributed by atoms with Gasteiger partial charge in [0.25, 0.3) is 0 Å². The van der Waals surface area contributed by atoms with Crippen molar-refractivity contribution < 1.29 is 14.7 Å². The van der Waals surface area contributed by atoms with Crippen LogP contribution in [0.15, 0.2) is 12.2 Å². The van der Waals surface area contributed by atoms with Gasteiger partial charge >= 0.3 is 5.97 Å². The fourth-order valence-electron chi connectivity index (χ4n) is 2.52. The summed E-state index contributed by atoms with van der Waals surface area (Å²) in [6.45, 7) is 10.1. The molecule has 0 radical (unpaired) electrons. The minimum atomic E-state index is -0.813. The molecule has 16 heavy (non-hydrogen) atoms. The Bertz CT molecular complexity index is 341. The average molecular weight is 224 g/mol. The van der Waals surface area contributed by atoms with Crippen molar-refractivity contribution in [2.24, 2.45) is 10.8 Å². The fourth-order valence-corrected chi connectivity index (χ4v) is 2.52. The van der Waals surface area contributed by atoms with Crippen LogP contribution in [0, 0.1) is 10.8 Å². The number of rotatable bonds is 4. The fraction of sp³-hybridized carbons (Fsp3) is 0.692. The molecule has 1 unspecified atom stereocenters. The molecule has 3 heteroatoms. The van der Waals surface area contributed by atoms with Gasteiger partial charge in [0.05, 0.1) is 0 Å². The van der Waals surface area contributed by atoms with Gasteiger partial charge in [-0.25, -0.2) is 0 Å². The first-order valence-corrected chi connectivity index (χ1v) is 5.61. The van der Waals surface area contributed by atoms with E-state index in [0.717, 1.165) is 5.57 Å². The van der Waals surface area contributed by atoms with Crippen molar-refractivity contribution >= 4 is 11.8 Å². The number of carbonyl (C=O) groups is 2. The van der Waals surface area contributed by atoms with E-state index in [1.807, 2.05) is 6.92 Å². The minimum absolute atomic E-state index is 0.0959. The molecule has 0 saturated heterocycles. The van der Waals surface area contributed by atoms with Gasteiger partial charge in [-0.2, -0.15) is 0 Å². The number of carboxylic acid groups (broad SMARTS) is 1. The van der Waals surface area contributed by atoms with Crippen LogP contribution in [0.5, 0.6) is 0 Å². The molecule has 0 aromatic heterocycles. The van der Waals surface area contributed by atoms with Gasteiger partial charge < -0.3 is 5.11 Å². The van der Waals surface area contributed by atoms with Crippen LogP contribution in [-0.2, 0) is 9.59 Å². The first kappa shape index (κ1) is 12.9. The number of allylic oxidation sites excluding steroid dienone is 1. The Morgan fingerprint density at radius 1 is 1.31 bits per heavy atom. The molecule has 1 aliphatic carbocycles. The number of carbonyl (C=O) groups excluding carboxylic acids is 1. The highest BCUT2D eigenvalue weighted by Gasteiger charge is 2.50. The molecule has 1 aliphatic rings. The summed E-state index contributed by atoms with van der Waals surface area (Å²) in [5.41, 5.74) is 0.532. The van der Waals surface area contributed by atoms with Gasteiger partial charge in [-0.05, 0) is 11.8 Å². The van der Waals surface area contributed by atoms with Crippen molar-refractivity contribution in [2.75, 3.05) is 0 Å². The molecule has 1 rings (SSSR count). The van der Waals surface area contributed by atoms with Crippen molar-refractivity contribution in [1.29, 1.82) is 0 Å². The highest BCUT2D eigenvalue weighted by atomic mass is 16.4. The summed E-state index contributed by atoms with van der Waals surface area (Å²) in [5, 5.41) is 8.66. The number of ketones is 1. The van der Waals surface area contributed by atoms with E-state index in [2.05, 4.69) is 20.4 Å². The molecular formula is C13H20O3. The Labute approximate surface area is 96.5 Å². The van der Waals surface area contributed by atoms with E-state index >= 15 is 0 Å². The second-order valence-corrected chi connectivity index (χ2v) is 5.61. The van der Waals surface area contributed by atoms with Gasteiger partial charge in [0.2, 0.25) is 0 Å². The first-order chi connectivity index (χ1) is 7.19. The minimum Gasteiger partial charge on any atom is -0.481 e. The predicted octanol–water partition coefficient (Wildman–Crippen LogP) is 2.80. The zero-order valence-corrected chi connectivity index (χ0v) is 10.3. The molecule has 1 atom stereocenters. The maximum absolute atomic E-state index is 11.6. The number of hydrogen-bond acceptors (Lipinski definition) is 2. The lowest BCUT2D eigenvalue weighted by Gasteiger charge is -2.39. The Morgan fingerprint density at radius 3 is 2.25 bits per heavy atom. The van der Waals surface area contributed by atoms with Crippen LogP contribution >= 0.6 is 0 Å². The Hall–Kier alpha value is -1.12. The van der Waals surface area contributed by atoms with Crippen molar-refractivity contribution in [3.05, 3.63) is 12.2 Å². The van der Waals surface area contributed by atoms with Crippen LogP contribution in [0.2, 0.25) is 0 Å². The Balaban J connectivity index is 2.81. The highest BCUT2D eigenvalue weighted by molar-refractivity contribution is 5.83. The molecule has 1 saturated carbocycles. The van der Waals surface area contributed by atoms with Gasteiger partial charge in [0.1, 0.15) is 5.78 Å². The second kappa shape index (κ2) is 4.04. The zero-order chi connectivity index (χ0) is 12.6. The number of hydrogen-bond donors (Lipinski definition) is 1. The molecular weight excluding hydrogens is 204 g/mol. The van der Waals surface area contributed by atoms with Crippen molar-refractivity contribution in [1.82, 2.24) is 0 Å². The lowest BCUT2D eigenvalue weighted by Crippen LogP contribution is -2.31. The SMILES string of the molecule is C=C(CCC(=O)O)C1(C)CC(=O)CC1(C)C. The third-order valence-corrected chi connectivity index (χ3v) is 4.10. The summed E-state index contributed by atoms with van der Waals surface area (Å²) in [5.74, 6) is -0.559. The third kappa shape index (κ3) is 2.18. The van der Waals surface area contributed by atoms with E-state index in [4.69, 9.17) is 5.11 Å². The molecule has 0 amide bonds. The third-order valence-electron chi connectivity index (χ3n) is 4.10. The number of aliphatic carboxylic acids is 1. The summed E-state index contributed by atoms with van der Waals surface area (Å²) in [7, 11) is 0. The van der Waals surface area contributed by atoms with Crippen LogP contribution in [-0.4, -0.2) is 16.9 Å². The van der Waals surface area contributed by atoms with Crippen LogP contribution in [0.25, 0.3) is 0 Å². The smallest absolute Gasteiger partial charge is 0.303 e. The molecule has 0 aromatic carbocycles. The number of carboxylic acids is 1. The lowest BCUT2D eigenvalue weighted by molar-refractivity contribution is -0.137. The monoisotopic (exact) mass is 224 g/mol. The molecule has 0 spiro atoms. The van der Waals surface area contributed by atoms with Crippen molar-refractivity contribution in [2.45, 2.75) is 46.5 Å². The van der Waals surface area contributed by atoms with Crippen LogP contribution in [0.4, 0.5) is 0 Å². The Morgan fingerprint density at radius 2 is 1.88 bits per heavy atom. The molecule has 1 fully saturated rings. The molecule has 3 nitrogen and oxygen atoms in total. The summed E-state index contributed by atoms with van der Waals surface area (Å²) in [6.07, 6.45) is 1.62. The maximum atomic E-state index is 11.6. The second-order valence-electron chi connectivity index (χ2n) is 5.61. The number of Topliss-reactive ketones (excluding diaryl/α,β-unsaturated/α-hetero) is 1. The topological polar surface area (TPSA) is 54.4 Å².